The molecule has 3 heterocycles. The van der Waals surface area contributed by atoms with Crippen molar-refractivity contribution in [2.24, 2.45) is 0 Å². The Morgan fingerprint density at radius 3 is 2.63 bits per heavy atom. The molecule has 1 atom stereocenters. The first kappa shape index (κ1) is 25.4. The van der Waals surface area contributed by atoms with Crippen LogP contribution in [-0.2, 0) is 13.0 Å². The zero-order valence-corrected chi connectivity index (χ0v) is 19.5. The monoisotopic (exact) mass is 492 g/mol. The summed E-state index contributed by atoms with van der Waals surface area (Å²) in [6.07, 6.45) is -1.83. The minimum absolute atomic E-state index is 0.118. The molecule has 1 amide bonds. The van der Waals surface area contributed by atoms with Gasteiger partial charge in [-0.25, -0.2) is 4.98 Å². The van der Waals surface area contributed by atoms with Gasteiger partial charge >= 0.3 is 6.18 Å². The van der Waals surface area contributed by atoms with E-state index in [0.29, 0.717) is 38.0 Å². The molecule has 1 aromatic carbocycles. The van der Waals surface area contributed by atoms with Crippen molar-refractivity contribution >= 4 is 5.91 Å². The van der Waals surface area contributed by atoms with Crippen LogP contribution in [0.25, 0.3) is 0 Å². The third-order valence-electron chi connectivity index (χ3n) is 6.40. The summed E-state index contributed by atoms with van der Waals surface area (Å²) >= 11 is 0. The molecule has 190 valence electrons. The summed E-state index contributed by atoms with van der Waals surface area (Å²) in [6, 6.07) is 11.4. The van der Waals surface area contributed by atoms with Crippen LogP contribution in [0.3, 0.4) is 0 Å². The number of aliphatic hydroxyl groups excluding tert-OH is 1. The van der Waals surface area contributed by atoms with Gasteiger partial charge < -0.3 is 15.2 Å². The second kappa shape index (κ2) is 11.4. The maximum absolute atomic E-state index is 12.6. The Kier molecular flexibility index (Phi) is 8.25. The van der Waals surface area contributed by atoms with Gasteiger partial charge in [-0.15, -0.1) is 0 Å². The standard InChI is InChI=1S/C25H31F3N4O3/c26-25(27,28)17-31-11-7-22(8-12-31)35-23-13-19(5-9-29-23)24(34)30-14-21(33)16-32-10-6-18-3-1-2-4-20(18)15-32/h1-5,9,13,21-22,33H,6-8,10-12,14-17H2,(H,30,34). The maximum atomic E-state index is 12.6. The molecule has 0 saturated carbocycles. The normalized spacial score (nSPS) is 18.6. The van der Waals surface area contributed by atoms with Gasteiger partial charge in [-0.2, -0.15) is 13.2 Å². The predicted octanol–water partition coefficient (Wildman–Crippen LogP) is 2.64. The van der Waals surface area contributed by atoms with E-state index in [1.165, 1.54) is 28.3 Å². The van der Waals surface area contributed by atoms with Crippen molar-refractivity contribution < 1.29 is 27.8 Å². The molecule has 0 radical (unpaired) electrons. The number of halogens is 3. The zero-order valence-electron chi connectivity index (χ0n) is 19.5. The van der Waals surface area contributed by atoms with Crippen LogP contribution in [0.15, 0.2) is 42.6 Å². The molecule has 0 aliphatic carbocycles. The fraction of sp³-hybridized carbons (Fsp3) is 0.520. The molecule has 0 bridgehead atoms. The number of likely N-dealkylation sites (tertiary alicyclic amines) is 1. The molecule has 2 N–H and O–H groups in total. The molecule has 1 unspecified atom stereocenters. The van der Waals surface area contributed by atoms with Crippen LogP contribution in [0.2, 0.25) is 0 Å². The Morgan fingerprint density at radius 2 is 1.89 bits per heavy atom. The Hall–Kier alpha value is -2.69. The van der Waals surface area contributed by atoms with E-state index < -0.39 is 18.8 Å². The minimum atomic E-state index is -4.20. The van der Waals surface area contributed by atoms with E-state index in [4.69, 9.17) is 4.74 Å². The van der Waals surface area contributed by atoms with Gasteiger partial charge in [0.05, 0.1) is 12.6 Å². The van der Waals surface area contributed by atoms with Crippen molar-refractivity contribution in [1.82, 2.24) is 20.1 Å². The number of fused-ring (bicyclic) bond motifs is 1. The van der Waals surface area contributed by atoms with Crippen molar-refractivity contribution in [2.75, 3.05) is 39.3 Å². The topological polar surface area (TPSA) is 77.9 Å². The number of alkyl halides is 3. The first-order valence-corrected chi connectivity index (χ1v) is 11.9. The Labute approximate surface area is 202 Å². The molecule has 10 heteroatoms. The highest BCUT2D eigenvalue weighted by Gasteiger charge is 2.33. The molecule has 4 rings (SSSR count). The lowest BCUT2D eigenvalue weighted by atomic mass is 10.00. The number of piperidine rings is 1. The summed E-state index contributed by atoms with van der Waals surface area (Å²) < 4.78 is 43.5. The molecule has 2 aliphatic rings. The lowest BCUT2D eigenvalue weighted by Crippen LogP contribution is -2.43. The van der Waals surface area contributed by atoms with Crippen LogP contribution in [-0.4, -0.2) is 83.5 Å². The maximum Gasteiger partial charge on any atom is 0.401 e. The lowest BCUT2D eigenvalue weighted by Gasteiger charge is -2.32. The molecular formula is C25H31F3N4O3. The third kappa shape index (κ3) is 7.65. The molecule has 1 aromatic heterocycles. The van der Waals surface area contributed by atoms with Gasteiger partial charge in [-0.1, -0.05) is 24.3 Å². The Bertz CT molecular complexity index is 996. The molecule has 0 spiro atoms. The van der Waals surface area contributed by atoms with Gasteiger partial charge in [0.1, 0.15) is 6.10 Å². The minimum Gasteiger partial charge on any atom is -0.474 e. The van der Waals surface area contributed by atoms with Gasteiger partial charge in [-0.3, -0.25) is 14.6 Å². The molecule has 1 saturated heterocycles. The Balaban J connectivity index is 1.21. The number of nitrogens with zero attached hydrogens (tertiary/aromatic N) is 3. The number of carbonyl (C=O) groups excluding carboxylic acids is 1. The van der Waals surface area contributed by atoms with Gasteiger partial charge in [0.25, 0.3) is 5.91 Å². The van der Waals surface area contributed by atoms with E-state index in [-0.39, 0.29) is 24.4 Å². The van der Waals surface area contributed by atoms with Crippen molar-refractivity contribution in [1.29, 1.82) is 0 Å². The van der Waals surface area contributed by atoms with E-state index in [0.717, 1.165) is 19.5 Å². The van der Waals surface area contributed by atoms with Gasteiger partial charge in [-0.05, 0) is 36.5 Å². The first-order valence-electron chi connectivity index (χ1n) is 11.9. The highest BCUT2D eigenvalue weighted by molar-refractivity contribution is 5.94. The fourth-order valence-corrected chi connectivity index (χ4v) is 4.61. The summed E-state index contributed by atoms with van der Waals surface area (Å²) in [4.78, 5) is 20.3. The van der Waals surface area contributed by atoms with E-state index in [1.807, 2.05) is 12.1 Å². The Morgan fingerprint density at radius 1 is 1.14 bits per heavy atom. The highest BCUT2D eigenvalue weighted by atomic mass is 19.4. The number of ether oxygens (including phenoxy) is 1. The average molecular weight is 493 g/mol. The van der Waals surface area contributed by atoms with Gasteiger partial charge in [0.15, 0.2) is 0 Å². The molecule has 7 nitrogen and oxygen atoms in total. The number of aliphatic hydroxyl groups is 1. The number of amides is 1. The van der Waals surface area contributed by atoms with Gasteiger partial charge in [0, 0.05) is 57.1 Å². The van der Waals surface area contributed by atoms with E-state index in [2.05, 4.69) is 27.3 Å². The summed E-state index contributed by atoms with van der Waals surface area (Å²) in [6.45, 7) is 1.91. The second-order valence-electron chi connectivity index (χ2n) is 9.21. The zero-order chi connectivity index (χ0) is 24.8. The van der Waals surface area contributed by atoms with Crippen molar-refractivity contribution in [3.05, 3.63) is 59.3 Å². The summed E-state index contributed by atoms with van der Waals surface area (Å²) in [5.74, 6) is -0.0836. The smallest absolute Gasteiger partial charge is 0.401 e. The molecular weight excluding hydrogens is 461 g/mol. The molecule has 2 aliphatic heterocycles. The van der Waals surface area contributed by atoms with E-state index in [9.17, 15) is 23.1 Å². The van der Waals surface area contributed by atoms with Crippen molar-refractivity contribution in [3.63, 3.8) is 0 Å². The number of hydrogen-bond donors (Lipinski definition) is 2. The van der Waals surface area contributed by atoms with Crippen LogP contribution in [0.4, 0.5) is 13.2 Å². The molecule has 1 fully saturated rings. The predicted molar refractivity (Wildman–Crippen MR) is 124 cm³/mol. The van der Waals surface area contributed by atoms with Crippen LogP contribution < -0.4 is 10.1 Å². The quantitative estimate of drug-likeness (QED) is 0.590. The number of aromatic nitrogens is 1. The molecule has 35 heavy (non-hydrogen) atoms. The molecule has 2 aromatic rings. The van der Waals surface area contributed by atoms with Crippen LogP contribution in [0, 0.1) is 0 Å². The first-order chi connectivity index (χ1) is 16.7. The number of rotatable bonds is 8. The number of nitrogens with one attached hydrogen (secondary N) is 1. The van der Waals surface area contributed by atoms with Crippen molar-refractivity contribution in [2.45, 2.75) is 44.2 Å². The fourth-order valence-electron chi connectivity index (χ4n) is 4.61. The summed E-state index contributed by atoms with van der Waals surface area (Å²) in [7, 11) is 0. The summed E-state index contributed by atoms with van der Waals surface area (Å²) in [5.41, 5.74) is 2.96. The number of pyridine rings is 1. The van der Waals surface area contributed by atoms with E-state index in [1.54, 1.807) is 6.07 Å². The number of hydrogen-bond acceptors (Lipinski definition) is 6. The largest absolute Gasteiger partial charge is 0.474 e. The van der Waals surface area contributed by atoms with Crippen LogP contribution in [0.5, 0.6) is 5.88 Å². The highest BCUT2D eigenvalue weighted by Crippen LogP contribution is 2.22. The summed E-state index contributed by atoms with van der Waals surface area (Å²) in [5, 5.41) is 13.2. The van der Waals surface area contributed by atoms with Gasteiger partial charge in [0.2, 0.25) is 5.88 Å². The number of benzene rings is 1. The number of β-amino-alcohol motifs (C(OH)–C–C–N with tert-alkyl or cyclic N) is 1. The second-order valence-corrected chi connectivity index (χ2v) is 9.21. The van der Waals surface area contributed by atoms with Crippen molar-refractivity contribution in [3.8, 4) is 5.88 Å². The SMILES string of the molecule is O=C(NCC(O)CN1CCc2ccccc2C1)c1ccnc(OC2CCN(CC(F)(F)F)CC2)c1. The van der Waals surface area contributed by atoms with Crippen LogP contribution >= 0.6 is 0 Å². The third-order valence-corrected chi connectivity index (χ3v) is 6.40. The lowest BCUT2D eigenvalue weighted by molar-refractivity contribution is -0.149. The number of carbonyl (C=O) groups is 1. The van der Waals surface area contributed by atoms with E-state index >= 15 is 0 Å². The van der Waals surface area contributed by atoms with Crippen LogP contribution in [0.1, 0.15) is 34.3 Å². The average Bonchev–Trinajstić information content (AvgIpc) is 2.83.